The number of nitrogens with zero attached hydrogens (tertiary/aromatic N) is 2. The number of halogens is 4. The summed E-state index contributed by atoms with van der Waals surface area (Å²) in [5.74, 6) is -1.23. The fraction of sp³-hybridized carbons (Fsp3) is 0.111. The first-order chi connectivity index (χ1) is 8.21. The van der Waals surface area contributed by atoms with Crippen molar-refractivity contribution in [2.24, 2.45) is 5.73 Å². The van der Waals surface area contributed by atoms with Gasteiger partial charge in [-0.05, 0) is 6.07 Å². The van der Waals surface area contributed by atoms with Crippen molar-refractivity contribution < 1.29 is 18.0 Å². The molecule has 1 amide bonds. The van der Waals surface area contributed by atoms with Crippen molar-refractivity contribution >= 4 is 29.0 Å². The van der Waals surface area contributed by atoms with E-state index in [1.54, 1.807) is 0 Å². The van der Waals surface area contributed by atoms with E-state index < -0.39 is 17.6 Å². The fourth-order valence-electron chi connectivity index (χ4n) is 1.46. The minimum atomic E-state index is -4.58. The van der Waals surface area contributed by atoms with Crippen LogP contribution < -0.4 is 11.5 Å². The van der Waals surface area contributed by atoms with Crippen molar-refractivity contribution in [2.45, 2.75) is 6.18 Å². The Bertz CT molecular complexity index is 649. The molecule has 2 rings (SSSR count). The van der Waals surface area contributed by atoms with Crippen LogP contribution in [0.3, 0.4) is 0 Å². The highest BCUT2D eigenvalue weighted by molar-refractivity contribution is 6.33. The summed E-state index contributed by atoms with van der Waals surface area (Å²) in [6, 6.07) is 0.702. The molecule has 0 aliphatic carbocycles. The van der Waals surface area contributed by atoms with Gasteiger partial charge in [0.15, 0.2) is 11.3 Å². The van der Waals surface area contributed by atoms with Crippen molar-refractivity contribution in [1.82, 2.24) is 9.38 Å². The van der Waals surface area contributed by atoms with E-state index in [1.807, 2.05) is 0 Å². The molecule has 96 valence electrons. The zero-order valence-corrected chi connectivity index (χ0v) is 9.38. The van der Waals surface area contributed by atoms with Crippen LogP contribution >= 0.6 is 11.6 Å². The molecule has 0 atom stereocenters. The second-order valence-electron chi connectivity index (χ2n) is 3.48. The number of hydrogen-bond donors (Lipinski definition) is 2. The Morgan fingerprint density at radius 2 is 2.06 bits per heavy atom. The maximum Gasteiger partial charge on any atom is 0.417 e. The monoisotopic (exact) mass is 278 g/mol. The van der Waals surface area contributed by atoms with Crippen LogP contribution in [0.5, 0.6) is 0 Å². The molecule has 0 aliphatic heterocycles. The van der Waals surface area contributed by atoms with Crippen molar-refractivity contribution in [3.05, 3.63) is 28.5 Å². The Hall–Kier alpha value is -1.96. The number of imidazole rings is 1. The number of nitrogen functional groups attached to an aromatic ring is 1. The van der Waals surface area contributed by atoms with Crippen LogP contribution in [-0.2, 0) is 6.18 Å². The number of pyridine rings is 1. The molecule has 0 saturated heterocycles. The van der Waals surface area contributed by atoms with Crippen LogP contribution in [0.4, 0.5) is 19.0 Å². The maximum atomic E-state index is 12.6. The predicted molar refractivity (Wildman–Crippen MR) is 58.1 cm³/mol. The zero-order chi connectivity index (χ0) is 13.7. The van der Waals surface area contributed by atoms with Gasteiger partial charge in [-0.3, -0.25) is 9.20 Å². The molecule has 0 aromatic carbocycles. The molecule has 9 heteroatoms. The SMILES string of the molecule is NC(=O)c1nc2c(Cl)cc(C(F)(F)F)cn2c1N. The second-order valence-corrected chi connectivity index (χ2v) is 3.89. The van der Waals surface area contributed by atoms with Gasteiger partial charge in [0.1, 0.15) is 5.82 Å². The Kier molecular flexibility index (Phi) is 2.62. The highest BCUT2D eigenvalue weighted by Crippen LogP contribution is 2.33. The van der Waals surface area contributed by atoms with Gasteiger partial charge < -0.3 is 11.5 Å². The number of alkyl halides is 3. The minimum absolute atomic E-state index is 0.0593. The topological polar surface area (TPSA) is 86.4 Å². The Morgan fingerprint density at radius 1 is 1.44 bits per heavy atom. The lowest BCUT2D eigenvalue weighted by Crippen LogP contribution is -2.14. The van der Waals surface area contributed by atoms with Gasteiger partial charge in [0.05, 0.1) is 10.6 Å². The molecule has 0 bridgehead atoms. The van der Waals surface area contributed by atoms with Crippen molar-refractivity contribution in [3.8, 4) is 0 Å². The van der Waals surface area contributed by atoms with Gasteiger partial charge in [-0.15, -0.1) is 0 Å². The molecule has 2 heterocycles. The number of amides is 1. The predicted octanol–water partition coefficient (Wildman–Crippen LogP) is 1.69. The largest absolute Gasteiger partial charge is 0.417 e. The number of primary amides is 1. The molecule has 0 fully saturated rings. The zero-order valence-electron chi connectivity index (χ0n) is 8.62. The van der Waals surface area contributed by atoms with Gasteiger partial charge >= 0.3 is 6.18 Å². The number of anilines is 1. The van der Waals surface area contributed by atoms with Crippen molar-refractivity contribution in [3.63, 3.8) is 0 Å². The van der Waals surface area contributed by atoms with Crippen LogP contribution in [0.1, 0.15) is 16.1 Å². The lowest BCUT2D eigenvalue weighted by molar-refractivity contribution is -0.137. The third kappa shape index (κ3) is 1.84. The average Bonchev–Trinajstić information content (AvgIpc) is 2.56. The molecular weight excluding hydrogens is 273 g/mol. The molecule has 2 aromatic rings. The Balaban J connectivity index is 2.80. The first-order valence-corrected chi connectivity index (χ1v) is 4.93. The number of hydrogen-bond acceptors (Lipinski definition) is 3. The fourth-order valence-corrected chi connectivity index (χ4v) is 1.71. The van der Waals surface area contributed by atoms with Crippen LogP contribution in [0.2, 0.25) is 5.02 Å². The summed E-state index contributed by atoms with van der Waals surface area (Å²) in [6.07, 6.45) is -3.88. The molecule has 0 aliphatic rings. The summed E-state index contributed by atoms with van der Waals surface area (Å²) in [5, 5.41) is -0.274. The number of rotatable bonds is 1. The van der Waals surface area contributed by atoms with Gasteiger partial charge in [0, 0.05) is 6.20 Å². The quantitative estimate of drug-likeness (QED) is 0.832. The van der Waals surface area contributed by atoms with Crippen LogP contribution in [-0.4, -0.2) is 15.3 Å². The highest BCUT2D eigenvalue weighted by atomic mass is 35.5. The van der Waals surface area contributed by atoms with E-state index in [2.05, 4.69) is 4.98 Å². The summed E-state index contributed by atoms with van der Waals surface area (Å²) in [7, 11) is 0. The Morgan fingerprint density at radius 3 is 2.56 bits per heavy atom. The lowest BCUT2D eigenvalue weighted by atomic mass is 10.3. The number of carbonyl (C=O) groups excluding carboxylic acids is 1. The molecule has 0 unspecified atom stereocenters. The van der Waals surface area contributed by atoms with Gasteiger partial charge in [0.25, 0.3) is 5.91 Å². The molecule has 0 saturated carbocycles. The summed E-state index contributed by atoms with van der Waals surface area (Å²) in [4.78, 5) is 14.7. The van der Waals surface area contributed by atoms with E-state index in [0.29, 0.717) is 12.3 Å². The van der Waals surface area contributed by atoms with E-state index in [0.717, 1.165) is 4.40 Å². The number of carbonyl (C=O) groups is 1. The van der Waals surface area contributed by atoms with Gasteiger partial charge in [0.2, 0.25) is 0 Å². The minimum Gasteiger partial charge on any atom is -0.383 e. The summed E-state index contributed by atoms with van der Waals surface area (Å²) in [6.45, 7) is 0. The molecule has 0 radical (unpaired) electrons. The molecular formula is C9H6ClF3N4O. The molecule has 5 nitrogen and oxygen atoms in total. The standard InChI is InChI=1S/C9H6ClF3N4O/c10-4-1-3(9(11,12)13)2-17-6(14)5(7(15)18)16-8(4)17/h1-2H,14H2,(H2,15,18). The number of aromatic nitrogens is 2. The van der Waals surface area contributed by atoms with E-state index >= 15 is 0 Å². The number of nitrogens with two attached hydrogens (primary N) is 2. The number of fused-ring (bicyclic) bond motifs is 1. The smallest absolute Gasteiger partial charge is 0.383 e. The van der Waals surface area contributed by atoms with E-state index in [-0.39, 0.29) is 22.2 Å². The van der Waals surface area contributed by atoms with Crippen LogP contribution in [0.25, 0.3) is 5.65 Å². The first kappa shape index (κ1) is 12.5. The first-order valence-electron chi connectivity index (χ1n) is 4.56. The molecule has 4 N–H and O–H groups in total. The van der Waals surface area contributed by atoms with E-state index in [4.69, 9.17) is 23.1 Å². The lowest BCUT2D eigenvalue weighted by Gasteiger charge is -2.08. The van der Waals surface area contributed by atoms with Crippen LogP contribution in [0.15, 0.2) is 12.3 Å². The third-order valence-corrected chi connectivity index (χ3v) is 2.55. The maximum absolute atomic E-state index is 12.6. The van der Waals surface area contributed by atoms with E-state index in [9.17, 15) is 18.0 Å². The van der Waals surface area contributed by atoms with Gasteiger partial charge in [-0.1, -0.05) is 11.6 Å². The van der Waals surface area contributed by atoms with Crippen LogP contribution in [0, 0.1) is 0 Å². The third-order valence-electron chi connectivity index (χ3n) is 2.27. The second kappa shape index (κ2) is 3.77. The molecule has 0 spiro atoms. The van der Waals surface area contributed by atoms with Gasteiger partial charge in [-0.25, -0.2) is 4.98 Å². The molecule has 2 aromatic heterocycles. The molecule has 18 heavy (non-hydrogen) atoms. The Labute approximate surface area is 103 Å². The van der Waals surface area contributed by atoms with Gasteiger partial charge in [-0.2, -0.15) is 13.2 Å². The summed E-state index contributed by atoms with van der Waals surface area (Å²) < 4.78 is 38.6. The normalized spacial score (nSPS) is 12.0. The summed E-state index contributed by atoms with van der Waals surface area (Å²) >= 11 is 5.67. The van der Waals surface area contributed by atoms with Crippen molar-refractivity contribution in [1.29, 1.82) is 0 Å². The summed E-state index contributed by atoms with van der Waals surface area (Å²) in [5.41, 5.74) is 9.10. The van der Waals surface area contributed by atoms with Crippen molar-refractivity contribution in [2.75, 3.05) is 5.73 Å². The highest BCUT2D eigenvalue weighted by Gasteiger charge is 2.32. The average molecular weight is 279 g/mol. The van der Waals surface area contributed by atoms with E-state index in [1.165, 1.54) is 0 Å².